The van der Waals surface area contributed by atoms with Crippen molar-refractivity contribution < 1.29 is 4.74 Å². The molecule has 0 aliphatic heterocycles. The molecule has 0 aliphatic carbocycles. The molecule has 0 saturated carbocycles. The largest absolute Gasteiger partial charge is 0.480 e. The minimum Gasteiger partial charge on any atom is -0.480 e. The molecule has 1 rings (SSSR count). The Kier molecular flexibility index (Phi) is 2.69. The van der Waals surface area contributed by atoms with Crippen LogP contribution in [0.5, 0.6) is 5.88 Å². The molecular weight excluding hydrogens is 201 g/mol. The standard InChI is InChI=1S/C6H3Cl2N3O/c1-12-5-3(2-9)4(7)10-6(8)11-5/h1H3. The number of nitrogens with zero attached hydrogens (tertiary/aromatic N) is 3. The van der Waals surface area contributed by atoms with Gasteiger partial charge >= 0.3 is 0 Å². The Morgan fingerprint density at radius 1 is 1.42 bits per heavy atom. The van der Waals surface area contributed by atoms with E-state index in [-0.39, 0.29) is 21.9 Å². The van der Waals surface area contributed by atoms with Gasteiger partial charge in [-0.05, 0) is 11.6 Å². The van der Waals surface area contributed by atoms with Crippen LogP contribution >= 0.6 is 23.2 Å². The number of hydrogen-bond donors (Lipinski definition) is 0. The first-order valence-electron chi connectivity index (χ1n) is 2.86. The highest BCUT2D eigenvalue weighted by Gasteiger charge is 2.11. The van der Waals surface area contributed by atoms with Gasteiger partial charge in [0.05, 0.1) is 7.11 Å². The maximum Gasteiger partial charge on any atom is 0.237 e. The maximum absolute atomic E-state index is 8.58. The lowest BCUT2D eigenvalue weighted by Gasteiger charge is -2.01. The molecule has 0 amide bonds. The SMILES string of the molecule is COc1nc(Cl)nc(Cl)c1C#N. The van der Waals surface area contributed by atoms with Crippen molar-refractivity contribution in [2.24, 2.45) is 0 Å². The Bertz CT molecular complexity index is 347. The summed E-state index contributed by atoms with van der Waals surface area (Å²) in [6.45, 7) is 0. The second kappa shape index (κ2) is 3.57. The minimum absolute atomic E-state index is 0.00523. The van der Waals surface area contributed by atoms with Gasteiger partial charge in [0, 0.05) is 0 Å². The summed E-state index contributed by atoms with van der Waals surface area (Å²) in [6, 6.07) is 1.80. The van der Waals surface area contributed by atoms with Crippen LogP contribution in [0.25, 0.3) is 0 Å². The number of ether oxygens (including phenoxy) is 1. The van der Waals surface area contributed by atoms with E-state index in [2.05, 4.69) is 9.97 Å². The van der Waals surface area contributed by atoms with Crippen LogP contribution in [-0.2, 0) is 0 Å². The molecule has 0 radical (unpaired) electrons. The fourth-order valence-corrected chi connectivity index (χ4v) is 1.04. The lowest BCUT2D eigenvalue weighted by atomic mass is 10.4. The van der Waals surface area contributed by atoms with Crippen molar-refractivity contribution in [1.29, 1.82) is 5.26 Å². The summed E-state index contributed by atoms with van der Waals surface area (Å²) >= 11 is 11.0. The van der Waals surface area contributed by atoms with Crippen LogP contribution in [0.4, 0.5) is 0 Å². The molecule has 4 nitrogen and oxygen atoms in total. The Hall–Kier alpha value is -1.05. The molecule has 0 saturated heterocycles. The van der Waals surface area contributed by atoms with Crippen LogP contribution in [0.15, 0.2) is 0 Å². The van der Waals surface area contributed by atoms with Gasteiger partial charge in [-0.25, -0.2) is 4.98 Å². The van der Waals surface area contributed by atoms with E-state index in [0.29, 0.717) is 0 Å². The van der Waals surface area contributed by atoms with E-state index in [9.17, 15) is 0 Å². The minimum atomic E-state index is -0.0455. The Balaban J connectivity index is 3.36. The van der Waals surface area contributed by atoms with Crippen molar-refractivity contribution in [2.75, 3.05) is 7.11 Å². The number of halogens is 2. The fraction of sp³-hybridized carbons (Fsp3) is 0.167. The molecule has 0 unspecified atom stereocenters. The lowest BCUT2D eigenvalue weighted by molar-refractivity contribution is 0.395. The second-order valence-corrected chi connectivity index (χ2v) is 2.48. The van der Waals surface area contributed by atoms with Crippen LogP contribution in [-0.4, -0.2) is 17.1 Å². The first kappa shape index (κ1) is 9.04. The molecule has 0 fully saturated rings. The van der Waals surface area contributed by atoms with Crippen molar-refractivity contribution in [3.05, 3.63) is 16.0 Å². The molecule has 0 aliphatic rings. The third kappa shape index (κ3) is 1.58. The maximum atomic E-state index is 8.58. The van der Waals surface area contributed by atoms with E-state index in [1.165, 1.54) is 7.11 Å². The molecule has 0 aromatic carbocycles. The summed E-state index contributed by atoms with van der Waals surface area (Å²) in [4.78, 5) is 7.22. The number of rotatable bonds is 1. The van der Waals surface area contributed by atoms with Crippen molar-refractivity contribution in [3.8, 4) is 11.9 Å². The lowest BCUT2D eigenvalue weighted by Crippen LogP contribution is -1.95. The highest BCUT2D eigenvalue weighted by Crippen LogP contribution is 2.22. The first-order valence-corrected chi connectivity index (χ1v) is 3.61. The van der Waals surface area contributed by atoms with E-state index >= 15 is 0 Å². The zero-order valence-electron chi connectivity index (χ0n) is 6.01. The summed E-state index contributed by atoms with van der Waals surface area (Å²) in [5.41, 5.74) is 0.0866. The molecule has 1 aromatic rings. The highest BCUT2D eigenvalue weighted by molar-refractivity contribution is 6.32. The fourth-order valence-electron chi connectivity index (χ4n) is 0.631. The third-order valence-corrected chi connectivity index (χ3v) is 1.55. The number of nitriles is 1. The van der Waals surface area contributed by atoms with E-state index in [1.54, 1.807) is 6.07 Å². The molecule has 0 N–H and O–H groups in total. The van der Waals surface area contributed by atoms with Gasteiger partial charge in [0.15, 0.2) is 10.7 Å². The van der Waals surface area contributed by atoms with Crippen molar-refractivity contribution in [2.45, 2.75) is 0 Å². The summed E-state index contributed by atoms with van der Waals surface area (Å²) in [7, 11) is 1.37. The van der Waals surface area contributed by atoms with E-state index in [4.69, 9.17) is 33.2 Å². The quantitative estimate of drug-likeness (QED) is 0.515. The van der Waals surface area contributed by atoms with Crippen LogP contribution < -0.4 is 4.74 Å². The molecule has 12 heavy (non-hydrogen) atoms. The first-order chi connectivity index (χ1) is 5.69. The summed E-state index contributed by atoms with van der Waals surface area (Å²) in [5, 5.41) is 8.53. The van der Waals surface area contributed by atoms with Gasteiger partial charge in [-0.1, -0.05) is 11.6 Å². The number of hydrogen-bond acceptors (Lipinski definition) is 4. The molecule has 6 heteroatoms. The smallest absolute Gasteiger partial charge is 0.237 e. The van der Waals surface area contributed by atoms with Gasteiger partial charge in [-0.2, -0.15) is 10.2 Å². The summed E-state index contributed by atoms with van der Waals surface area (Å²) in [6.07, 6.45) is 0. The Morgan fingerprint density at radius 2 is 2.08 bits per heavy atom. The van der Waals surface area contributed by atoms with Gasteiger partial charge in [0.1, 0.15) is 6.07 Å². The predicted octanol–water partition coefficient (Wildman–Crippen LogP) is 1.66. The summed E-state index contributed by atoms with van der Waals surface area (Å²) < 4.78 is 4.76. The van der Waals surface area contributed by atoms with Crippen LogP contribution in [0.2, 0.25) is 10.4 Å². The molecule has 62 valence electrons. The number of aromatic nitrogens is 2. The molecule has 1 aromatic heterocycles. The molecule has 1 heterocycles. The average molecular weight is 204 g/mol. The zero-order valence-corrected chi connectivity index (χ0v) is 7.52. The van der Waals surface area contributed by atoms with Crippen molar-refractivity contribution >= 4 is 23.2 Å². The number of methoxy groups -OCH3 is 1. The normalized spacial score (nSPS) is 9.17. The zero-order chi connectivity index (χ0) is 9.14. The Morgan fingerprint density at radius 3 is 2.58 bits per heavy atom. The molecular formula is C6H3Cl2N3O. The average Bonchev–Trinajstić information content (AvgIpc) is 2.03. The summed E-state index contributed by atoms with van der Waals surface area (Å²) in [5.74, 6) is 0.0856. The van der Waals surface area contributed by atoms with Gasteiger partial charge in [-0.3, -0.25) is 0 Å². The highest BCUT2D eigenvalue weighted by atomic mass is 35.5. The van der Waals surface area contributed by atoms with Gasteiger partial charge in [0.25, 0.3) is 0 Å². The van der Waals surface area contributed by atoms with Crippen LogP contribution in [0, 0.1) is 11.3 Å². The van der Waals surface area contributed by atoms with E-state index in [1.807, 2.05) is 0 Å². The second-order valence-electron chi connectivity index (χ2n) is 1.78. The van der Waals surface area contributed by atoms with Crippen molar-refractivity contribution in [1.82, 2.24) is 9.97 Å². The molecule has 0 bridgehead atoms. The molecule has 0 atom stereocenters. The van der Waals surface area contributed by atoms with Gasteiger partial charge in [0.2, 0.25) is 11.2 Å². The monoisotopic (exact) mass is 203 g/mol. The van der Waals surface area contributed by atoms with Crippen LogP contribution in [0.1, 0.15) is 5.56 Å². The van der Waals surface area contributed by atoms with Gasteiger partial charge < -0.3 is 4.74 Å². The third-order valence-electron chi connectivity index (χ3n) is 1.11. The van der Waals surface area contributed by atoms with Crippen molar-refractivity contribution in [3.63, 3.8) is 0 Å². The van der Waals surface area contributed by atoms with E-state index < -0.39 is 0 Å². The van der Waals surface area contributed by atoms with Gasteiger partial charge in [-0.15, -0.1) is 0 Å². The van der Waals surface area contributed by atoms with E-state index in [0.717, 1.165) is 0 Å². The van der Waals surface area contributed by atoms with Crippen LogP contribution in [0.3, 0.4) is 0 Å². The Labute approximate surface area is 78.7 Å². The topological polar surface area (TPSA) is 58.8 Å². The molecule has 0 spiro atoms. The predicted molar refractivity (Wildman–Crippen MR) is 43.3 cm³/mol.